The molecule has 0 aliphatic carbocycles. The molecule has 0 fully saturated rings. The molecule has 164 valence electrons. The van der Waals surface area contributed by atoms with Crippen LogP contribution in [0.4, 0.5) is 0 Å². The van der Waals surface area contributed by atoms with E-state index in [1.165, 1.54) is 16.7 Å². The third-order valence-corrected chi connectivity index (χ3v) is 12.0. The fourth-order valence-electron chi connectivity index (χ4n) is 4.54. The molecule has 4 heteroatoms. The fourth-order valence-corrected chi connectivity index (χ4v) is 10.1. The molecule has 0 amide bonds. The summed E-state index contributed by atoms with van der Waals surface area (Å²) in [6.45, 7) is 0. The first-order valence-electron chi connectivity index (χ1n) is 11.0. The summed E-state index contributed by atoms with van der Waals surface area (Å²) in [6, 6.07) is 38.5. The summed E-state index contributed by atoms with van der Waals surface area (Å²) < 4.78 is 15.2. The van der Waals surface area contributed by atoms with Gasteiger partial charge in [0, 0.05) is 21.5 Å². The van der Waals surface area contributed by atoms with Crippen LogP contribution in [0.2, 0.25) is 5.02 Å². The SMILES string of the molecule is O=P(c1ccccc1)(c1ccccc1)[C@H]1SC=C(c2ccccc2)C[C@@H]1c1ccc(Cl)cc1. The van der Waals surface area contributed by atoms with E-state index in [9.17, 15) is 0 Å². The van der Waals surface area contributed by atoms with Crippen LogP contribution in [-0.4, -0.2) is 4.99 Å². The average Bonchev–Trinajstić information content (AvgIpc) is 2.90. The molecule has 2 atom stereocenters. The quantitative estimate of drug-likeness (QED) is 0.266. The van der Waals surface area contributed by atoms with Crippen molar-refractivity contribution in [3.8, 4) is 0 Å². The Morgan fingerprint density at radius 3 is 1.76 bits per heavy atom. The average molecular weight is 487 g/mol. The normalized spacial score (nSPS) is 18.5. The summed E-state index contributed by atoms with van der Waals surface area (Å²) in [5.41, 5.74) is 3.67. The highest BCUT2D eigenvalue weighted by atomic mass is 35.5. The fraction of sp³-hybridized carbons (Fsp3) is 0.103. The third kappa shape index (κ3) is 4.49. The van der Waals surface area contributed by atoms with Gasteiger partial charge in [-0.15, -0.1) is 11.8 Å². The second-order valence-electron chi connectivity index (χ2n) is 8.23. The lowest BCUT2D eigenvalue weighted by molar-refractivity contribution is 0.578. The van der Waals surface area contributed by atoms with E-state index in [-0.39, 0.29) is 10.9 Å². The van der Waals surface area contributed by atoms with Gasteiger partial charge in [-0.05, 0) is 40.7 Å². The van der Waals surface area contributed by atoms with Gasteiger partial charge in [-0.2, -0.15) is 0 Å². The Morgan fingerprint density at radius 2 is 1.21 bits per heavy atom. The molecule has 1 nitrogen and oxygen atoms in total. The molecular weight excluding hydrogens is 463 g/mol. The Bertz CT molecular complexity index is 1240. The summed E-state index contributed by atoms with van der Waals surface area (Å²) in [4.78, 5) is -0.115. The zero-order chi connectivity index (χ0) is 22.7. The Morgan fingerprint density at radius 1 is 0.697 bits per heavy atom. The standard InChI is InChI=1S/C29H24ClOPS/c30-25-18-16-23(17-19-25)28-20-24(22-10-4-1-5-11-22)21-33-29(28)32(31,26-12-6-2-7-13-26)27-14-8-3-9-15-27/h1-19,21,28-29H,20H2/t28-,29+/m1/s1. The van der Waals surface area contributed by atoms with Gasteiger partial charge in [-0.3, -0.25) is 0 Å². The van der Waals surface area contributed by atoms with Gasteiger partial charge in [-0.25, -0.2) is 0 Å². The lowest BCUT2D eigenvalue weighted by atomic mass is 9.90. The van der Waals surface area contributed by atoms with Crippen molar-refractivity contribution in [3.63, 3.8) is 0 Å². The topological polar surface area (TPSA) is 17.1 Å². The highest BCUT2D eigenvalue weighted by Gasteiger charge is 2.44. The second kappa shape index (κ2) is 9.77. The molecule has 0 saturated carbocycles. The van der Waals surface area contributed by atoms with Gasteiger partial charge in [0.2, 0.25) is 0 Å². The lowest BCUT2D eigenvalue weighted by Crippen LogP contribution is -2.29. The van der Waals surface area contributed by atoms with Crippen LogP contribution in [0.15, 0.2) is 121 Å². The molecule has 1 aliphatic rings. The Hall–Kier alpha value is -2.51. The number of hydrogen-bond acceptors (Lipinski definition) is 2. The molecule has 0 bridgehead atoms. The number of thioether (sulfide) groups is 1. The number of halogens is 1. The lowest BCUT2D eigenvalue weighted by Gasteiger charge is -2.37. The van der Waals surface area contributed by atoms with E-state index in [1.54, 1.807) is 11.8 Å². The van der Waals surface area contributed by atoms with E-state index < -0.39 is 7.14 Å². The van der Waals surface area contributed by atoms with E-state index in [0.29, 0.717) is 5.02 Å². The van der Waals surface area contributed by atoms with Gasteiger partial charge in [0.05, 0.1) is 4.99 Å². The predicted octanol–water partition coefficient (Wildman–Crippen LogP) is 7.94. The number of hydrogen-bond donors (Lipinski definition) is 0. The van der Waals surface area contributed by atoms with Crippen molar-refractivity contribution in [2.24, 2.45) is 0 Å². The molecule has 33 heavy (non-hydrogen) atoms. The molecule has 0 radical (unpaired) electrons. The van der Waals surface area contributed by atoms with Gasteiger partial charge in [0.1, 0.15) is 0 Å². The number of rotatable bonds is 5. The minimum atomic E-state index is -2.97. The van der Waals surface area contributed by atoms with Crippen LogP contribution < -0.4 is 10.6 Å². The largest absolute Gasteiger partial charge is 0.312 e. The molecule has 0 aromatic heterocycles. The van der Waals surface area contributed by atoms with Crippen molar-refractivity contribution < 1.29 is 4.57 Å². The zero-order valence-electron chi connectivity index (χ0n) is 18.1. The smallest absolute Gasteiger partial charge is 0.156 e. The van der Waals surface area contributed by atoms with Crippen LogP contribution >= 0.6 is 30.5 Å². The van der Waals surface area contributed by atoms with Gasteiger partial charge in [-0.1, -0.05) is 115 Å². The maximum atomic E-state index is 15.2. The molecule has 0 spiro atoms. The minimum Gasteiger partial charge on any atom is -0.312 e. The molecule has 5 rings (SSSR count). The molecule has 1 aliphatic heterocycles. The monoisotopic (exact) mass is 486 g/mol. The van der Waals surface area contributed by atoms with Crippen molar-refractivity contribution >= 4 is 46.7 Å². The van der Waals surface area contributed by atoms with E-state index in [4.69, 9.17) is 11.6 Å². The van der Waals surface area contributed by atoms with E-state index in [2.05, 4.69) is 41.8 Å². The van der Waals surface area contributed by atoms with E-state index >= 15 is 4.57 Å². The minimum absolute atomic E-state index is 0.0821. The van der Waals surface area contributed by atoms with Crippen molar-refractivity contribution in [2.75, 3.05) is 0 Å². The molecular formula is C29H24ClOPS. The number of benzene rings is 4. The van der Waals surface area contributed by atoms with Gasteiger partial charge in [0.15, 0.2) is 7.14 Å². The van der Waals surface area contributed by atoms with Crippen LogP contribution in [0, 0.1) is 0 Å². The first-order chi connectivity index (χ1) is 16.2. The zero-order valence-corrected chi connectivity index (χ0v) is 20.5. The second-order valence-corrected chi connectivity index (χ2v) is 12.9. The van der Waals surface area contributed by atoms with Crippen LogP contribution in [-0.2, 0) is 4.57 Å². The van der Waals surface area contributed by atoms with Crippen LogP contribution in [0.3, 0.4) is 0 Å². The van der Waals surface area contributed by atoms with E-state index in [1.807, 2.05) is 78.9 Å². The molecule has 4 aromatic carbocycles. The summed E-state index contributed by atoms with van der Waals surface area (Å²) in [6.07, 6.45) is 0.826. The van der Waals surface area contributed by atoms with Gasteiger partial charge in [0.25, 0.3) is 0 Å². The molecule has 0 unspecified atom stereocenters. The van der Waals surface area contributed by atoms with E-state index in [0.717, 1.165) is 17.0 Å². The van der Waals surface area contributed by atoms with Crippen molar-refractivity contribution in [1.29, 1.82) is 0 Å². The van der Waals surface area contributed by atoms with Gasteiger partial charge >= 0.3 is 0 Å². The predicted molar refractivity (Wildman–Crippen MR) is 144 cm³/mol. The molecule has 1 heterocycles. The highest BCUT2D eigenvalue weighted by Crippen LogP contribution is 2.62. The highest BCUT2D eigenvalue weighted by molar-refractivity contribution is 8.11. The first-order valence-corrected chi connectivity index (χ1v) is 14.1. The maximum Gasteiger partial charge on any atom is 0.156 e. The van der Waals surface area contributed by atoms with Crippen molar-refractivity contribution in [2.45, 2.75) is 17.3 Å². The van der Waals surface area contributed by atoms with Gasteiger partial charge < -0.3 is 4.57 Å². The maximum absolute atomic E-state index is 15.2. The Balaban J connectivity index is 1.67. The number of allylic oxidation sites excluding steroid dienone is 1. The molecule has 0 N–H and O–H groups in total. The Labute approximate surface area is 204 Å². The summed E-state index contributed by atoms with van der Waals surface area (Å²) in [5, 5.41) is 4.76. The summed E-state index contributed by atoms with van der Waals surface area (Å²) >= 11 is 7.93. The summed E-state index contributed by atoms with van der Waals surface area (Å²) in [5.74, 6) is 0.0821. The first kappa shape index (κ1) is 22.3. The van der Waals surface area contributed by atoms with Crippen LogP contribution in [0.25, 0.3) is 5.57 Å². The molecule has 0 saturated heterocycles. The van der Waals surface area contributed by atoms with Crippen molar-refractivity contribution in [3.05, 3.63) is 137 Å². The van der Waals surface area contributed by atoms with Crippen molar-refractivity contribution in [1.82, 2.24) is 0 Å². The third-order valence-electron chi connectivity index (χ3n) is 6.21. The Kier molecular flexibility index (Phi) is 6.60. The molecule has 4 aromatic rings. The van der Waals surface area contributed by atoms with Crippen LogP contribution in [0.5, 0.6) is 0 Å². The summed E-state index contributed by atoms with van der Waals surface area (Å²) in [7, 11) is -2.97. The van der Waals surface area contributed by atoms with Crippen LogP contribution in [0.1, 0.15) is 23.5 Å².